The number of fused-ring (bicyclic) bond motifs is 2. The van der Waals surface area contributed by atoms with Crippen molar-refractivity contribution in [2.24, 2.45) is 0 Å². The van der Waals surface area contributed by atoms with E-state index in [0.717, 1.165) is 53.7 Å². The zero-order chi connectivity index (χ0) is 31.9. The molecule has 4 heteroatoms. The van der Waals surface area contributed by atoms with Crippen LogP contribution in [0.5, 0.6) is 11.5 Å². The molecule has 0 atom stereocenters. The molecule has 2 aliphatic rings. The van der Waals surface area contributed by atoms with E-state index in [9.17, 15) is 9.59 Å². The Hall–Kier alpha value is -2.88. The first-order valence-corrected chi connectivity index (χ1v) is 18.4. The van der Waals surface area contributed by atoms with Gasteiger partial charge in [-0.05, 0) is 67.5 Å². The lowest BCUT2D eigenvalue weighted by molar-refractivity contribution is -0.116. The summed E-state index contributed by atoms with van der Waals surface area (Å²) in [6.45, 7) is 6.48. The number of ether oxygens (including phenoxy) is 2. The highest BCUT2D eigenvalue weighted by atomic mass is 16.5. The molecule has 2 aromatic carbocycles. The van der Waals surface area contributed by atoms with Crippen LogP contribution in [0.25, 0.3) is 5.57 Å². The smallest absolute Gasteiger partial charge is 0.343 e. The minimum absolute atomic E-state index is 0.164. The van der Waals surface area contributed by atoms with E-state index < -0.39 is 5.60 Å². The lowest BCUT2D eigenvalue weighted by atomic mass is 9.80. The van der Waals surface area contributed by atoms with Gasteiger partial charge in [0.2, 0.25) is 0 Å². The van der Waals surface area contributed by atoms with E-state index in [1.54, 1.807) is 12.1 Å². The fourth-order valence-corrected chi connectivity index (χ4v) is 7.30. The number of ketones is 1. The Morgan fingerprint density at radius 1 is 0.733 bits per heavy atom. The first-order valence-electron chi connectivity index (χ1n) is 18.4. The molecule has 0 radical (unpaired) electrons. The van der Waals surface area contributed by atoms with Gasteiger partial charge >= 0.3 is 5.97 Å². The minimum atomic E-state index is -0.608. The maximum Gasteiger partial charge on any atom is 0.343 e. The van der Waals surface area contributed by atoms with Gasteiger partial charge in [-0.25, -0.2) is 4.79 Å². The number of aryl methyl sites for hydroxylation is 1. The Morgan fingerprint density at radius 2 is 1.29 bits per heavy atom. The molecule has 0 aromatic heterocycles. The number of allylic oxidation sites excluding steroid dienone is 1. The quantitative estimate of drug-likeness (QED) is 0.0797. The van der Waals surface area contributed by atoms with Crippen LogP contribution in [0, 0.1) is 0 Å². The highest BCUT2D eigenvalue weighted by Crippen LogP contribution is 2.53. The molecule has 2 aromatic rings. The van der Waals surface area contributed by atoms with E-state index in [2.05, 4.69) is 26.8 Å². The number of hydrogen-bond donors (Lipinski definition) is 0. The van der Waals surface area contributed by atoms with Crippen LogP contribution >= 0.6 is 0 Å². The summed E-state index contributed by atoms with van der Waals surface area (Å²) in [6.07, 6.45) is 25.2. The van der Waals surface area contributed by atoms with Crippen molar-refractivity contribution in [3.05, 3.63) is 64.7 Å². The van der Waals surface area contributed by atoms with Crippen LogP contribution < -0.4 is 9.47 Å². The zero-order valence-corrected chi connectivity index (χ0v) is 28.5. The first kappa shape index (κ1) is 35.0. The summed E-state index contributed by atoms with van der Waals surface area (Å²) in [5.41, 5.74) is 3.64. The van der Waals surface area contributed by atoms with Crippen LogP contribution in [0.15, 0.2) is 48.0 Å². The van der Waals surface area contributed by atoms with Gasteiger partial charge in [-0.1, -0.05) is 135 Å². The van der Waals surface area contributed by atoms with Gasteiger partial charge < -0.3 is 9.47 Å². The molecule has 4 rings (SSSR count). The molecular weight excluding hydrogens is 556 g/mol. The second-order valence-electron chi connectivity index (χ2n) is 13.4. The molecule has 0 N–H and O–H groups in total. The van der Waals surface area contributed by atoms with Gasteiger partial charge in [0.1, 0.15) is 17.1 Å². The van der Waals surface area contributed by atoms with E-state index >= 15 is 0 Å². The van der Waals surface area contributed by atoms with Crippen LogP contribution in [0.1, 0.15) is 171 Å². The summed E-state index contributed by atoms with van der Waals surface area (Å²) in [6, 6.07) is 13.3. The highest BCUT2D eigenvalue weighted by Gasteiger charge is 2.47. The molecule has 0 amide bonds. The first-order chi connectivity index (χ1) is 22.0. The fourth-order valence-electron chi connectivity index (χ4n) is 7.30. The molecule has 1 aliphatic carbocycles. The van der Waals surface area contributed by atoms with Gasteiger partial charge in [0.15, 0.2) is 5.78 Å². The molecule has 0 spiro atoms. The molecular formula is C41H58O4. The lowest BCUT2D eigenvalue weighted by Gasteiger charge is -2.39. The summed E-state index contributed by atoms with van der Waals surface area (Å²) in [5, 5.41) is 0. The Bertz CT molecular complexity index is 1250. The topological polar surface area (TPSA) is 52.6 Å². The molecule has 4 nitrogen and oxygen atoms in total. The van der Waals surface area contributed by atoms with Gasteiger partial charge in [0, 0.05) is 12.0 Å². The second kappa shape index (κ2) is 18.3. The van der Waals surface area contributed by atoms with Crippen LogP contribution in [-0.4, -0.2) is 17.4 Å². The molecule has 0 fully saturated rings. The number of Topliss-reactive ketones (excluding diaryl/α,β-unsaturated/α-hetero) is 1. The van der Waals surface area contributed by atoms with Crippen LogP contribution in [-0.2, 0) is 11.2 Å². The van der Waals surface area contributed by atoms with Gasteiger partial charge in [0.25, 0.3) is 0 Å². The SMILES string of the molecule is CCCCCCCCCCCCCCCCCCc1cc(OC(=O)c2ccccc2)c2c(c1)OC(CC)(CC)C1=C2CCC1=O. The maximum absolute atomic E-state index is 13.2. The largest absolute Gasteiger partial charge is 0.482 e. The van der Waals surface area contributed by atoms with Crippen LogP contribution in [0.4, 0.5) is 0 Å². The molecule has 0 saturated carbocycles. The summed E-state index contributed by atoms with van der Waals surface area (Å²) in [7, 11) is 0. The van der Waals surface area contributed by atoms with E-state index in [1.807, 2.05) is 24.3 Å². The number of carbonyl (C=O) groups excluding carboxylic acids is 2. The average molecular weight is 615 g/mol. The molecule has 0 bridgehead atoms. The van der Waals surface area contributed by atoms with Gasteiger partial charge in [0.05, 0.1) is 11.1 Å². The number of esters is 1. The molecule has 45 heavy (non-hydrogen) atoms. The normalized spacial score (nSPS) is 15.1. The van der Waals surface area contributed by atoms with Crippen molar-refractivity contribution in [3.63, 3.8) is 0 Å². The standard InChI is InChI=1S/C41H58O4/c1-4-7-8-9-10-11-12-13-14-15-16-17-18-19-20-22-25-32-30-36(44-40(43)33-26-23-21-24-27-33)38-34-28-29-35(42)39(34)41(5-2,6-3)45-37(38)31-32/h21,23-24,26-27,30-31H,4-20,22,25,28-29H2,1-3H3. The van der Waals surface area contributed by atoms with Gasteiger partial charge in [-0.15, -0.1) is 0 Å². The van der Waals surface area contributed by atoms with Crippen molar-refractivity contribution in [2.75, 3.05) is 0 Å². The van der Waals surface area contributed by atoms with E-state index in [4.69, 9.17) is 9.47 Å². The summed E-state index contributed by atoms with van der Waals surface area (Å²) in [4.78, 5) is 26.3. The molecule has 1 aliphatic heterocycles. The monoisotopic (exact) mass is 614 g/mol. The predicted molar refractivity (Wildman–Crippen MR) is 186 cm³/mol. The van der Waals surface area contributed by atoms with Crippen molar-refractivity contribution in [3.8, 4) is 11.5 Å². The van der Waals surface area contributed by atoms with Gasteiger partial charge in [-0.3, -0.25) is 4.79 Å². The van der Waals surface area contributed by atoms with Crippen molar-refractivity contribution in [1.82, 2.24) is 0 Å². The molecule has 246 valence electrons. The third kappa shape index (κ3) is 9.56. The third-order valence-electron chi connectivity index (χ3n) is 10.0. The van der Waals surface area contributed by atoms with E-state index in [-0.39, 0.29) is 11.8 Å². The second-order valence-corrected chi connectivity index (χ2v) is 13.4. The van der Waals surface area contributed by atoms with E-state index in [1.165, 1.54) is 96.3 Å². The Morgan fingerprint density at radius 3 is 1.84 bits per heavy atom. The number of hydrogen-bond acceptors (Lipinski definition) is 4. The number of benzene rings is 2. The van der Waals surface area contributed by atoms with Crippen LogP contribution in [0.3, 0.4) is 0 Å². The average Bonchev–Trinajstić information content (AvgIpc) is 3.46. The van der Waals surface area contributed by atoms with Crippen molar-refractivity contribution >= 4 is 17.3 Å². The van der Waals surface area contributed by atoms with E-state index in [0.29, 0.717) is 24.2 Å². The van der Waals surface area contributed by atoms with Crippen LogP contribution in [0.2, 0.25) is 0 Å². The number of unbranched alkanes of at least 4 members (excludes halogenated alkanes) is 15. The number of carbonyl (C=O) groups is 2. The summed E-state index contributed by atoms with van der Waals surface area (Å²) in [5.74, 6) is 1.07. The molecule has 0 saturated heterocycles. The van der Waals surface area contributed by atoms with Crippen molar-refractivity contribution in [2.45, 2.75) is 161 Å². The summed E-state index contributed by atoms with van der Waals surface area (Å²) >= 11 is 0. The van der Waals surface area contributed by atoms with Crippen molar-refractivity contribution < 1.29 is 19.1 Å². The number of rotatable bonds is 21. The Kier molecular flexibility index (Phi) is 14.2. The highest BCUT2D eigenvalue weighted by molar-refractivity contribution is 6.11. The summed E-state index contributed by atoms with van der Waals surface area (Å²) < 4.78 is 12.8. The van der Waals surface area contributed by atoms with Crippen molar-refractivity contribution in [1.29, 1.82) is 0 Å². The minimum Gasteiger partial charge on any atom is -0.482 e. The predicted octanol–water partition coefficient (Wildman–Crippen LogP) is 11.8. The lowest BCUT2D eigenvalue weighted by Crippen LogP contribution is -2.41. The fraction of sp³-hybridized carbons (Fsp3) is 0.610. The third-order valence-corrected chi connectivity index (χ3v) is 10.0. The maximum atomic E-state index is 13.2. The van der Waals surface area contributed by atoms with Gasteiger partial charge in [-0.2, -0.15) is 0 Å². The molecule has 1 heterocycles. The molecule has 0 unspecified atom stereocenters. The Labute approximate surface area is 273 Å². The Balaban J connectivity index is 1.30. The zero-order valence-electron chi connectivity index (χ0n) is 28.5.